The molecule has 0 radical (unpaired) electrons. The number of carbonyl (C=O) groups excluding carboxylic acids is 2. The molecular formula is C23H14ClFN2O3. The second kappa shape index (κ2) is 9.50. The average Bonchev–Trinajstić information content (AvgIpc) is 2.75. The number of halogens is 2. The van der Waals surface area contributed by atoms with Crippen molar-refractivity contribution < 1.29 is 18.7 Å². The Kier molecular flexibility index (Phi) is 6.58. The Morgan fingerprint density at radius 2 is 1.67 bits per heavy atom. The zero-order valence-corrected chi connectivity index (χ0v) is 16.2. The molecular weight excluding hydrogens is 407 g/mol. The zero-order chi connectivity index (χ0) is 21.5. The van der Waals surface area contributed by atoms with Crippen LogP contribution in [0.3, 0.4) is 0 Å². The van der Waals surface area contributed by atoms with E-state index in [2.05, 4.69) is 5.32 Å². The van der Waals surface area contributed by atoms with Gasteiger partial charge in [-0.1, -0.05) is 41.9 Å². The third-order valence-electron chi connectivity index (χ3n) is 3.99. The number of para-hydroxylation sites is 2. The lowest BCUT2D eigenvalue weighted by Crippen LogP contribution is -2.14. The molecule has 7 heteroatoms. The van der Waals surface area contributed by atoms with E-state index >= 15 is 0 Å². The number of nitrogens with zero attached hydrogens (tertiary/aromatic N) is 1. The van der Waals surface area contributed by atoms with E-state index in [9.17, 15) is 19.2 Å². The fourth-order valence-electron chi connectivity index (χ4n) is 2.49. The first-order chi connectivity index (χ1) is 14.5. The number of rotatable bonds is 5. The summed E-state index contributed by atoms with van der Waals surface area (Å²) >= 11 is 5.82. The number of hydrogen-bond acceptors (Lipinski definition) is 4. The number of nitriles is 1. The van der Waals surface area contributed by atoms with Gasteiger partial charge in [0.05, 0.1) is 11.3 Å². The highest BCUT2D eigenvalue weighted by Crippen LogP contribution is 2.23. The molecule has 0 saturated carbocycles. The Morgan fingerprint density at radius 3 is 2.37 bits per heavy atom. The number of carbonyl (C=O) groups is 2. The van der Waals surface area contributed by atoms with E-state index in [-0.39, 0.29) is 22.6 Å². The van der Waals surface area contributed by atoms with E-state index in [0.717, 1.165) is 0 Å². The number of benzene rings is 3. The van der Waals surface area contributed by atoms with Crippen molar-refractivity contribution in [2.24, 2.45) is 0 Å². The van der Waals surface area contributed by atoms with Gasteiger partial charge < -0.3 is 10.1 Å². The van der Waals surface area contributed by atoms with Crippen LogP contribution in [0.4, 0.5) is 10.1 Å². The summed E-state index contributed by atoms with van der Waals surface area (Å²) in [6, 6.07) is 20.0. The standard InChI is InChI=1S/C23H14ClFN2O3/c24-18-11-9-15(10-12-18)23(29)30-21-8-4-1-5-16(21)13-17(14-26)22(28)27-20-7-3-2-6-19(20)25/h1-13H,(H,27,28)/b17-13+. The monoisotopic (exact) mass is 420 g/mol. The summed E-state index contributed by atoms with van der Waals surface area (Å²) in [7, 11) is 0. The highest BCUT2D eigenvalue weighted by molar-refractivity contribution is 6.30. The Balaban J connectivity index is 1.84. The van der Waals surface area contributed by atoms with Crippen molar-refractivity contribution >= 4 is 35.2 Å². The third kappa shape index (κ3) is 5.10. The van der Waals surface area contributed by atoms with Gasteiger partial charge in [-0.3, -0.25) is 4.79 Å². The Labute approximate surface area is 177 Å². The van der Waals surface area contributed by atoms with Gasteiger partial charge in [0.15, 0.2) is 0 Å². The van der Waals surface area contributed by atoms with E-state index in [0.29, 0.717) is 10.6 Å². The first-order valence-electron chi connectivity index (χ1n) is 8.72. The normalized spacial score (nSPS) is 10.8. The zero-order valence-electron chi connectivity index (χ0n) is 15.4. The summed E-state index contributed by atoms with van der Waals surface area (Å²) in [6.07, 6.45) is 1.26. The van der Waals surface area contributed by atoms with Crippen LogP contribution in [0.25, 0.3) is 6.08 Å². The minimum Gasteiger partial charge on any atom is -0.422 e. The molecule has 3 aromatic rings. The number of hydrogen-bond donors (Lipinski definition) is 1. The van der Waals surface area contributed by atoms with Crippen LogP contribution in [0.15, 0.2) is 78.4 Å². The van der Waals surface area contributed by atoms with Crippen molar-refractivity contribution in [3.8, 4) is 11.8 Å². The SMILES string of the molecule is N#C/C(=C\c1ccccc1OC(=O)c1ccc(Cl)cc1)C(=O)Nc1ccccc1F. The number of anilines is 1. The van der Waals surface area contributed by atoms with Crippen molar-refractivity contribution in [2.45, 2.75) is 0 Å². The van der Waals surface area contributed by atoms with E-state index < -0.39 is 17.7 Å². The molecule has 0 fully saturated rings. The van der Waals surface area contributed by atoms with Gasteiger partial charge in [0, 0.05) is 10.6 Å². The molecule has 3 rings (SSSR count). The molecule has 30 heavy (non-hydrogen) atoms. The number of nitrogens with one attached hydrogen (secondary N) is 1. The molecule has 5 nitrogen and oxygen atoms in total. The topological polar surface area (TPSA) is 79.2 Å². The molecule has 0 aliphatic rings. The first-order valence-corrected chi connectivity index (χ1v) is 9.10. The molecule has 0 aromatic heterocycles. The molecule has 0 heterocycles. The smallest absolute Gasteiger partial charge is 0.343 e. The summed E-state index contributed by atoms with van der Waals surface area (Å²) in [5, 5.41) is 12.2. The maximum atomic E-state index is 13.8. The summed E-state index contributed by atoms with van der Waals surface area (Å²) < 4.78 is 19.2. The maximum Gasteiger partial charge on any atom is 0.343 e. The predicted molar refractivity (Wildman–Crippen MR) is 111 cm³/mol. The molecule has 0 saturated heterocycles. The van der Waals surface area contributed by atoms with Crippen LogP contribution in [0.1, 0.15) is 15.9 Å². The van der Waals surface area contributed by atoms with Crippen LogP contribution >= 0.6 is 11.6 Å². The molecule has 0 aliphatic heterocycles. The molecule has 3 aromatic carbocycles. The van der Waals surface area contributed by atoms with Gasteiger partial charge in [0.1, 0.15) is 23.2 Å². The lowest BCUT2D eigenvalue weighted by molar-refractivity contribution is -0.112. The van der Waals surface area contributed by atoms with E-state index in [1.165, 1.54) is 42.5 Å². The number of amides is 1. The van der Waals surface area contributed by atoms with E-state index in [1.54, 1.807) is 42.5 Å². The first kappa shape index (κ1) is 20.8. The molecule has 0 spiro atoms. The van der Waals surface area contributed by atoms with Gasteiger partial charge >= 0.3 is 5.97 Å². The van der Waals surface area contributed by atoms with Crippen molar-refractivity contribution in [1.29, 1.82) is 5.26 Å². The number of ether oxygens (including phenoxy) is 1. The van der Waals surface area contributed by atoms with Crippen molar-refractivity contribution in [1.82, 2.24) is 0 Å². The minimum absolute atomic E-state index is 0.0499. The molecule has 0 aliphatic carbocycles. The molecule has 148 valence electrons. The van der Waals surface area contributed by atoms with Gasteiger partial charge in [-0.15, -0.1) is 0 Å². The third-order valence-corrected chi connectivity index (χ3v) is 4.24. The summed E-state index contributed by atoms with van der Waals surface area (Å²) in [6.45, 7) is 0. The molecule has 1 amide bonds. The average molecular weight is 421 g/mol. The van der Waals surface area contributed by atoms with Gasteiger partial charge in [-0.25, -0.2) is 9.18 Å². The second-order valence-electron chi connectivity index (χ2n) is 6.04. The van der Waals surface area contributed by atoms with Crippen LogP contribution in [-0.2, 0) is 4.79 Å². The van der Waals surface area contributed by atoms with Gasteiger partial charge in [-0.2, -0.15) is 5.26 Å². The highest BCUT2D eigenvalue weighted by atomic mass is 35.5. The summed E-state index contributed by atoms with van der Waals surface area (Å²) in [5.74, 6) is -1.88. The maximum absolute atomic E-state index is 13.8. The lowest BCUT2D eigenvalue weighted by Gasteiger charge is -2.09. The fourth-order valence-corrected chi connectivity index (χ4v) is 2.62. The Hall–Kier alpha value is -3.95. The van der Waals surface area contributed by atoms with Crippen LogP contribution in [0, 0.1) is 17.1 Å². The highest BCUT2D eigenvalue weighted by Gasteiger charge is 2.15. The van der Waals surface area contributed by atoms with Crippen molar-refractivity contribution in [3.05, 3.63) is 100 Å². The Morgan fingerprint density at radius 1 is 1.00 bits per heavy atom. The Bertz CT molecular complexity index is 1170. The second-order valence-corrected chi connectivity index (χ2v) is 6.47. The minimum atomic E-state index is -0.790. The van der Waals surface area contributed by atoms with Crippen LogP contribution in [0.5, 0.6) is 5.75 Å². The van der Waals surface area contributed by atoms with E-state index in [1.807, 2.05) is 0 Å². The van der Waals surface area contributed by atoms with Crippen LogP contribution in [0.2, 0.25) is 5.02 Å². The molecule has 1 N–H and O–H groups in total. The quantitative estimate of drug-likeness (QED) is 0.265. The fraction of sp³-hybridized carbons (Fsp3) is 0. The molecule has 0 bridgehead atoms. The molecule has 0 unspecified atom stereocenters. The van der Waals surface area contributed by atoms with Gasteiger partial charge in [0.25, 0.3) is 5.91 Å². The predicted octanol–water partition coefficient (Wildman–Crippen LogP) is 5.24. The summed E-state index contributed by atoms with van der Waals surface area (Å²) in [4.78, 5) is 24.8. The lowest BCUT2D eigenvalue weighted by atomic mass is 10.1. The molecule has 0 atom stereocenters. The van der Waals surface area contributed by atoms with Gasteiger partial charge in [-0.05, 0) is 48.5 Å². The largest absolute Gasteiger partial charge is 0.422 e. The van der Waals surface area contributed by atoms with Crippen LogP contribution in [-0.4, -0.2) is 11.9 Å². The van der Waals surface area contributed by atoms with Crippen molar-refractivity contribution in [3.63, 3.8) is 0 Å². The summed E-state index contributed by atoms with van der Waals surface area (Å²) in [5.41, 5.74) is 0.287. The van der Waals surface area contributed by atoms with E-state index in [4.69, 9.17) is 16.3 Å². The van der Waals surface area contributed by atoms with Crippen LogP contribution < -0.4 is 10.1 Å². The van der Waals surface area contributed by atoms with Gasteiger partial charge in [0.2, 0.25) is 0 Å². The number of esters is 1. The van der Waals surface area contributed by atoms with Crippen molar-refractivity contribution in [2.75, 3.05) is 5.32 Å².